The van der Waals surface area contributed by atoms with Crippen LogP contribution in [-0.4, -0.2) is 17.6 Å². The van der Waals surface area contributed by atoms with Crippen LogP contribution in [0.4, 0.5) is 0 Å². The van der Waals surface area contributed by atoms with Gasteiger partial charge >= 0.3 is 0 Å². The molecule has 2 heteroatoms. The van der Waals surface area contributed by atoms with Crippen molar-refractivity contribution in [1.29, 1.82) is 0 Å². The number of rotatable bonds is 7. The van der Waals surface area contributed by atoms with E-state index in [0.717, 1.165) is 31.5 Å². The molecule has 0 spiro atoms. The van der Waals surface area contributed by atoms with Crippen molar-refractivity contribution in [2.45, 2.75) is 39.2 Å². The second kappa shape index (κ2) is 7.18. The van der Waals surface area contributed by atoms with Gasteiger partial charge in [0.25, 0.3) is 0 Å². The molecule has 1 unspecified atom stereocenters. The summed E-state index contributed by atoms with van der Waals surface area (Å²) in [6, 6.07) is 6.54. The lowest BCUT2D eigenvalue weighted by atomic mass is 10.0. The molecular weight excluding hydrogens is 196 g/mol. The Morgan fingerprint density at radius 1 is 1.44 bits per heavy atom. The van der Waals surface area contributed by atoms with E-state index in [0.29, 0.717) is 6.04 Å². The Morgan fingerprint density at radius 2 is 2.25 bits per heavy atom. The van der Waals surface area contributed by atoms with Crippen LogP contribution in [-0.2, 0) is 6.42 Å². The first-order valence-electron chi connectivity index (χ1n) is 6.06. The van der Waals surface area contributed by atoms with Gasteiger partial charge in [-0.1, -0.05) is 32.1 Å². The Morgan fingerprint density at radius 3 is 2.81 bits per heavy atom. The van der Waals surface area contributed by atoms with Gasteiger partial charge < -0.3 is 5.32 Å². The van der Waals surface area contributed by atoms with Gasteiger partial charge in [-0.25, -0.2) is 0 Å². The largest absolute Gasteiger partial charge is 0.314 e. The molecule has 1 heterocycles. The van der Waals surface area contributed by atoms with Crippen LogP contribution < -0.4 is 5.32 Å². The highest BCUT2D eigenvalue weighted by molar-refractivity contribution is 5.07. The van der Waals surface area contributed by atoms with Gasteiger partial charge in [0.15, 0.2) is 0 Å². The summed E-state index contributed by atoms with van der Waals surface area (Å²) in [6.07, 6.45) is 4.94. The van der Waals surface area contributed by atoms with Crippen LogP contribution in [0.2, 0.25) is 0 Å². The fourth-order valence-electron chi connectivity index (χ4n) is 1.77. The summed E-state index contributed by atoms with van der Waals surface area (Å²) in [6.45, 7) is 9.37. The smallest absolute Gasteiger partial charge is 0.0419 e. The van der Waals surface area contributed by atoms with E-state index in [1.54, 1.807) is 0 Å². The van der Waals surface area contributed by atoms with Crippen LogP contribution in [0.1, 0.15) is 32.4 Å². The van der Waals surface area contributed by atoms with E-state index < -0.39 is 0 Å². The van der Waals surface area contributed by atoms with Crippen LogP contribution in [0.5, 0.6) is 0 Å². The molecule has 1 rings (SSSR count). The Bertz CT molecular complexity index is 306. The first-order chi connectivity index (χ1) is 7.76. The Kier molecular flexibility index (Phi) is 5.79. The number of aromatic nitrogens is 1. The van der Waals surface area contributed by atoms with E-state index in [2.05, 4.69) is 36.8 Å². The predicted octanol–water partition coefficient (Wildman–Crippen LogP) is 2.96. The summed E-state index contributed by atoms with van der Waals surface area (Å²) in [5.41, 5.74) is 2.46. The average Bonchev–Trinajstić information content (AvgIpc) is 2.30. The van der Waals surface area contributed by atoms with Gasteiger partial charge in [-0.3, -0.25) is 4.98 Å². The van der Waals surface area contributed by atoms with E-state index >= 15 is 0 Å². The molecule has 0 aromatic carbocycles. The SMILES string of the molecule is C=C(CC)CC(Cc1ccccn1)NCC. The zero-order valence-electron chi connectivity index (χ0n) is 10.4. The van der Waals surface area contributed by atoms with Gasteiger partial charge in [0.1, 0.15) is 0 Å². The van der Waals surface area contributed by atoms with E-state index in [1.165, 1.54) is 5.57 Å². The van der Waals surface area contributed by atoms with Crippen molar-refractivity contribution in [3.63, 3.8) is 0 Å². The standard InChI is InChI=1S/C14H22N2/c1-4-12(3)10-14(15-5-2)11-13-8-6-7-9-16-13/h6-9,14-15H,3-5,10-11H2,1-2H3. The maximum atomic E-state index is 4.36. The van der Waals surface area contributed by atoms with E-state index in [-0.39, 0.29) is 0 Å². The first-order valence-corrected chi connectivity index (χ1v) is 6.06. The Balaban J connectivity index is 2.54. The number of hydrogen-bond acceptors (Lipinski definition) is 2. The summed E-state index contributed by atoms with van der Waals surface area (Å²) >= 11 is 0. The average molecular weight is 218 g/mol. The van der Waals surface area contributed by atoms with E-state index in [1.807, 2.05) is 18.3 Å². The Labute approximate surface area is 98.8 Å². The highest BCUT2D eigenvalue weighted by Crippen LogP contribution is 2.10. The number of hydrogen-bond donors (Lipinski definition) is 1. The third-order valence-corrected chi connectivity index (χ3v) is 2.71. The molecule has 1 aromatic heterocycles. The highest BCUT2D eigenvalue weighted by Gasteiger charge is 2.09. The molecule has 0 saturated heterocycles. The van der Waals surface area contributed by atoms with Gasteiger partial charge in [0.05, 0.1) is 0 Å². The second-order valence-corrected chi connectivity index (χ2v) is 4.09. The molecular formula is C14H22N2. The number of nitrogens with zero attached hydrogens (tertiary/aromatic N) is 1. The highest BCUT2D eigenvalue weighted by atomic mass is 14.9. The van der Waals surface area contributed by atoms with Gasteiger partial charge in [-0.05, 0) is 31.5 Å². The lowest BCUT2D eigenvalue weighted by Crippen LogP contribution is -2.31. The molecule has 0 aliphatic rings. The number of nitrogens with one attached hydrogen (secondary N) is 1. The summed E-state index contributed by atoms with van der Waals surface area (Å²) in [5.74, 6) is 0. The number of pyridine rings is 1. The van der Waals surface area contributed by atoms with E-state index in [9.17, 15) is 0 Å². The zero-order valence-corrected chi connectivity index (χ0v) is 10.4. The number of likely N-dealkylation sites (N-methyl/N-ethyl adjacent to an activating group) is 1. The minimum atomic E-state index is 0.465. The third kappa shape index (κ3) is 4.58. The van der Waals surface area contributed by atoms with Crippen LogP contribution in [0.3, 0.4) is 0 Å². The zero-order chi connectivity index (χ0) is 11.8. The quantitative estimate of drug-likeness (QED) is 0.712. The van der Waals surface area contributed by atoms with Crippen LogP contribution in [0, 0.1) is 0 Å². The normalized spacial score (nSPS) is 12.4. The van der Waals surface area contributed by atoms with Gasteiger partial charge in [-0.15, -0.1) is 0 Å². The van der Waals surface area contributed by atoms with Crippen LogP contribution in [0.15, 0.2) is 36.5 Å². The molecule has 0 amide bonds. The molecule has 0 saturated carbocycles. The van der Waals surface area contributed by atoms with Crippen molar-refractivity contribution >= 4 is 0 Å². The molecule has 0 aliphatic carbocycles. The molecule has 1 aromatic rings. The molecule has 2 nitrogen and oxygen atoms in total. The molecule has 88 valence electrons. The van der Waals surface area contributed by atoms with Crippen molar-refractivity contribution in [3.05, 3.63) is 42.2 Å². The monoisotopic (exact) mass is 218 g/mol. The maximum absolute atomic E-state index is 4.36. The van der Waals surface area contributed by atoms with E-state index in [4.69, 9.17) is 0 Å². The minimum Gasteiger partial charge on any atom is -0.314 e. The second-order valence-electron chi connectivity index (χ2n) is 4.09. The molecule has 0 bridgehead atoms. The van der Waals surface area contributed by atoms with Gasteiger partial charge in [0, 0.05) is 24.4 Å². The van der Waals surface area contributed by atoms with Crippen molar-refractivity contribution in [3.8, 4) is 0 Å². The molecule has 1 N–H and O–H groups in total. The van der Waals surface area contributed by atoms with Gasteiger partial charge in [-0.2, -0.15) is 0 Å². The van der Waals surface area contributed by atoms with Crippen LogP contribution in [0.25, 0.3) is 0 Å². The lowest BCUT2D eigenvalue weighted by molar-refractivity contribution is 0.511. The van der Waals surface area contributed by atoms with Crippen molar-refractivity contribution < 1.29 is 0 Å². The fraction of sp³-hybridized carbons (Fsp3) is 0.500. The van der Waals surface area contributed by atoms with Crippen molar-refractivity contribution in [2.75, 3.05) is 6.54 Å². The molecule has 0 aliphatic heterocycles. The fourth-order valence-corrected chi connectivity index (χ4v) is 1.77. The topological polar surface area (TPSA) is 24.9 Å². The van der Waals surface area contributed by atoms with Gasteiger partial charge in [0.2, 0.25) is 0 Å². The predicted molar refractivity (Wildman–Crippen MR) is 69.5 cm³/mol. The third-order valence-electron chi connectivity index (χ3n) is 2.71. The van der Waals surface area contributed by atoms with Crippen molar-refractivity contribution in [1.82, 2.24) is 10.3 Å². The first kappa shape index (κ1) is 12.9. The maximum Gasteiger partial charge on any atom is 0.0419 e. The molecule has 0 radical (unpaired) electrons. The molecule has 16 heavy (non-hydrogen) atoms. The van der Waals surface area contributed by atoms with Crippen LogP contribution >= 0.6 is 0 Å². The van der Waals surface area contributed by atoms with Crippen molar-refractivity contribution in [2.24, 2.45) is 0 Å². The summed E-state index contributed by atoms with van der Waals surface area (Å²) in [7, 11) is 0. The minimum absolute atomic E-state index is 0.465. The molecule has 1 atom stereocenters. The lowest BCUT2D eigenvalue weighted by Gasteiger charge is -2.18. The summed E-state index contributed by atoms with van der Waals surface area (Å²) < 4.78 is 0. The Hall–Kier alpha value is -1.15. The molecule has 0 fully saturated rings. The summed E-state index contributed by atoms with van der Waals surface area (Å²) in [5, 5.41) is 3.50. The summed E-state index contributed by atoms with van der Waals surface area (Å²) in [4.78, 5) is 4.36.